The topological polar surface area (TPSA) is 66.5 Å². The number of hydrogen-bond acceptors (Lipinski definition) is 3. The van der Waals surface area contributed by atoms with Crippen molar-refractivity contribution >= 4 is 15.9 Å². The van der Waals surface area contributed by atoms with E-state index in [1.54, 1.807) is 30.3 Å². The number of nitrogens with one attached hydrogen (secondary N) is 1. The Morgan fingerprint density at radius 1 is 1.07 bits per heavy atom. The third kappa shape index (κ3) is 5.06. The Bertz CT molecular complexity index is 924. The summed E-state index contributed by atoms with van der Waals surface area (Å²) >= 11 is 0. The number of sulfonamides is 1. The van der Waals surface area contributed by atoms with E-state index < -0.39 is 15.9 Å². The number of carbonyl (C=O) groups is 1. The summed E-state index contributed by atoms with van der Waals surface area (Å²) in [6.07, 6.45) is 0.902. The van der Waals surface area contributed by atoms with E-state index in [9.17, 15) is 13.2 Å². The fourth-order valence-corrected chi connectivity index (χ4v) is 5.25. The molecule has 5 nitrogen and oxygen atoms in total. The van der Waals surface area contributed by atoms with Gasteiger partial charge in [-0.25, -0.2) is 8.42 Å². The number of aryl methyl sites for hydroxylation is 1. The van der Waals surface area contributed by atoms with Crippen LogP contribution in [0.3, 0.4) is 0 Å². The van der Waals surface area contributed by atoms with E-state index in [0.717, 1.165) is 17.5 Å². The molecule has 1 aliphatic rings. The molecule has 6 heteroatoms. The zero-order valence-electron chi connectivity index (χ0n) is 17.3. The summed E-state index contributed by atoms with van der Waals surface area (Å²) in [4.78, 5) is 13.2. The van der Waals surface area contributed by atoms with E-state index in [-0.39, 0.29) is 23.3 Å². The number of rotatable bonds is 7. The molecule has 0 unspecified atom stereocenters. The van der Waals surface area contributed by atoms with Gasteiger partial charge in [0, 0.05) is 25.6 Å². The van der Waals surface area contributed by atoms with E-state index in [1.165, 1.54) is 4.31 Å². The average molecular weight is 415 g/mol. The van der Waals surface area contributed by atoms with Crippen LogP contribution in [0.4, 0.5) is 0 Å². The van der Waals surface area contributed by atoms with Gasteiger partial charge in [-0.2, -0.15) is 4.31 Å². The molecule has 0 spiro atoms. The standard InChI is InChI=1S/C23H30N2O3S/c1-17(2)13-14-24-23(26)22-16-25(29(27,28)20-7-5-4-6-8-20)15-21(22)19-11-9-18(3)10-12-19/h4-12,17,21-22H,13-16H2,1-3H3,(H,24,26)/t21-,22-/m1/s1. The predicted octanol–water partition coefficient (Wildman–Crippen LogP) is 3.56. The van der Waals surface area contributed by atoms with Crippen molar-refractivity contribution in [3.05, 3.63) is 65.7 Å². The molecule has 1 fully saturated rings. The molecule has 2 aromatic rings. The monoisotopic (exact) mass is 414 g/mol. The molecular formula is C23H30N2O3S. The van der Waals surface area contributed by atoms with Gasteiger partial charge in [0.05, 0.1) is 10.8 Å². The molecule has 0 aliphatic carbocycles. The van der Waals surface area contributed by atoms with Crippen molar-refractivity contribution in [1.82, 2.24) is 9.62 Å². The van der Waals surface area contributed by atoms with Crippen LogP contribution >= 0.6 is 0 Å². The molecule has 2 aromatic carbocycles. The van der Waals surface area contributed by atoms with Crippen LogP contribution in [0.5, 0.6) is 0 Å². The summed E-state index contributed by atoms with van der Waals surface area (Å²) in [5.41, 5.74) is 2.14. The van der Waals surface area contributed by atoms with Crippen LogP contribution in [-0.2, 0) is 14.8 Å². The first-order valence-corrected chi connectivity index (χ1v) is 11.6. The van der Waals surface area contributed by atoms with E-state index in [0.29, 0.717) is 19.0 Å². The SMILES string of the molecule is Cc1ccc([C@H]2CN(S(=O)(=O)c3ccccc3)C[C@H]2C(=O)NCCC(C)C)cc1. The first-order chi connectivity index (χ1) is 13.8. The molecule has 0 aromatic heterocycles. The van der Waals surface area contributed by atoms with Crippen LogP contribution in [0.2, 0.25) is 0 Å². The smallest absolute Gasteiger partial charge is 0.243 e. The van der Waals surface area contributed by atoms with Crippen molar-refractivity contribution in [1.29, 1.82) is 0 Å². The molecule has 1 saturated heterocycles. The number of benzene rings is 2. The Kier molecular flexibility index (Phi) is 6.75. The molecule has 156 valence electrons. The average Bonchev–Trinajstić information content (AvgIpc) is 3.15. The van der Waals surface area contributed by atoms with Crippen molar-refractivity contribution in [3.63, 3.8) is 0 Å². The minimum atomic E-state index is -3.63. The van der Waals surface area contributed by atoms with Crippen LogP contribution < -0.4 is 5.32 Å². The van der Waals surface area contributed by atoms with Gasteiger partial charge in [0.25, 0.3) is 0 Å². The molecule has 1 amide bonds. The first-order valence-electron chi connectivity index (χ1n) is 10.2. The molecule has 2 atom stereocenters. The highest BCUT2D eigenvalue weighted by Crippen LogP contribution is 2.36. The lowest BCUT2D eigenvalue weighted by Gasteiger charge is -2.19. The maximum Gasteiger partial charge on any atom is 0.243 e. The van der Waals surface area contributed by atoms with Crippen molar-refractivity contribution < 1.29 is 13.2 Å². The van der Waals surface area contributed by atoms with Crippen LogP contribution in [-0.4, -0.2) is 38.3 Å². The van der Waals surface area contributed by atoms with E-state index >= 15 is 0 Å². The zero-order valence-corrected chi connectivity index (χ0v) is 18.2. The molecule has 1 aliphatic heterocycles. The molecule has 1 N–H and O–H groups in total. The van der Waals surface area contributed by atoms with Gasteiger partial charge < -0.3 is 5.32 Å². The summed E-state index contributed by atoms with van der Waals surface area (Å²) in [5.74, 6) is -0.125. The van der Waals surface area contributed by atoms with Gasteiger partial charge in [-0.15, -0.1) is 0 Å². The lowest BCUT2D eigenvalue weighted by molar-refractivity contribution is -0.124. The highest BCUT2D eigenvalue weighted by molar-refractivity contribution is 7.89. The van der Waals surface area contributed by atoms with Crippen molar-refractivity contribution in [2.75, 3.05) is 19.6 Å². The maximum absolute atomic E-state index is 13.1. The zero-order chi connectivity index (χ0) is 21.0. The third-order valence-corrected chi connectivity index (χ3v) is 7.38. The van der Waals surface area contributed by atoms with Crippen LogP contribution in [0, 0.1) is 18.8 Å². The summed E-state index contributed by atoms with van der Waals surface area (Å²) in [6.45, 7) is 7.36. The highest BCUT2D eigenvalue weighted by Gasteiger charge is 2.43. The second kappa shape index (κ2) is 9.09. The van der Waals surface area contributed by atoms with Crippen LogP contribution in [0.25, 0.3) is 0 Å². The van der Waals surface area contributed by atoms with Crippen LogP contribution in [0.1, 0.15) is 37.3 Å². The Labute approximate surface area is 174 Å². The molecule has 0 radical (unpaired) electrons. The van der Waals surface area contributed by atoms with Gasteiger partial charge in [-0.1, -0.05) is 61.9 Å². The predicted molar refractivity (Wildman–Crippen MR) is 115 cm³/mol. The number of hydrogen-bond donors (Lipinski definition) is 1. The number of nitrogens with zero attached hydrogens (tertiary/aromatic N) is 1. The molecule has 0 bridgehead atoms. The van der Waals surface area contributed by atoms with Crippen LogP contribution in [0.15, 0.2) is 59.5 Å². The summed E-state index contributed by atoms with van der Waals surface area (Å²) < 4.78 is 27.7. The fraction of sp³-hybridized carbons (Fsp3) is 0.435. The second-order valence-corrected chi connectivity index (χ2v) is 10.2. The third-order valence-electron chi connectivity index (χ3n) is 5.53. The van der Waals surface area contributed by atoms with E-state index in [2.05, 4.69) is 19.2 Å². The Hall–Kier alpha value is -2.18. The Morgan fingerprint density at radius 3 is 2.34 bits per heavy atom. The van der Waals surface area contributed by atoms with E-state index in [4.69, 9.17) is 0 Å². The lowest BCUT2D eigenvalue weighted by Crippen LogP contribution is -2.36. The number of amides is 1. The lowest BCUT2D eigenvalue weighted by atomic mass is 9.88. The van der Waals surface area contributed by atoms with Gasteiger partial charge in [-0.05, 0) is 37.0 Å². The van der Waals surface area contributed by atoms with Gasteiger partial charge >= 0.3 is 0 Å². The van der Waals surface area contributed by atoms with Crippen molar-refractivity contribution in [2.45, 2.75) is 38.0 Å². The summed E-state index contributed by atoms with van der Waals surface area (Å²) in [7, 11) is -3.63. The van der Waals surface area contributed by atoms with Crippen molar-refractivity contribution in [3.8, 4) is 0 Å². The van der Waals surface area contributed by atoms with Gasteiger partial charge in [0.1, 0.15) is 0 Å². The van der Waals surface area contributed by atoms with Gasteiger partial charge in [-0.3, -0.25) is 4.79 Å². The molecule has 3 rings (SSSR count). The summed E-state index contributed by atoms with van der Waals surface area (Å²) in [6, 6.07) is 16.5. The molecule has 29 heavy (non-hydrogen) atoms. The van der Waals surface area contributed by atoms with E-state index in [1.807, 2.05) is 31.2 Å². The quantitative estimate of drug-likeness (QED) is 0.753. The second-order valence-electron chi connectivity index (χ2n) is 8.23. The minimum Gasteiger partial charge on any atom is -0.356 e. The normalized spacial score (nSPS) is 20.1. The minimum absolute atomic E-state index is 0.0676. The van der Waals surface area contributed by atoms with Crippen molar-refractivity contribution in [2.24, 2.45) is 11.8 Å². The largest absolute Gasteiger partial charge is 0.356 e. The Balaban J connectivity index is 1.85. The van der Waals surface area contributed by atoms with Gasteiger partial charge in [0.15, 0.2) is 0 Å². The fourth-order valence-electron chi connectivity index (χ4n) is 3.74. The summed E-state index contributed by atoms with van der Waals surface area (Å²) in [5, 5.41) is 3.02. The highest BCUT2D eigenvalue weighted by atomic mass is 32.2. The molecular weight excluding hydrogens is 384 g/mol. The first kappa shape index (κ1) is 21.5. The molecule has 1 heterocycles. The molecule has 0 saturated carbocycles. The van der Waals surface area contributed by atoms with Gasteiger partial charge in [0.2, 0.25) is 15.9 Å². The Morgan fingerprint density at radius 2 is 1.72 bits per heavy atom. The maximum atomic E-state index is 13.1. The number of carbonyl (C=O) groups excluding carboxylic acids is 1.